The minimum Gasteiger partial charge on any atom is -0.385 e. The summed E-state index contributed by atoms with van der Waals surface area (Å²) in [5.74, 6) is -0.101. The molecule has 29 heavy (non-hydrogen) atoms. The molecule has 1 N–H and O–H groups in total. The second-order valence-corrected chi connectivity index (χ2v) is 9.49. The van der Waals surface area contributed by atoms with Gasteiger partial charge in [-0.25, -0.2) is 8.42 Å². The second kappa shape index (κ2) is 9.26. The van der Waals surface area contributed by atoms with Crippen LogP contribution in [0.4, 0.5) is 5.69 Å². The summed E-state index contributed by atoms with van der Waals surface area (Å²) in [6.07, 6.45) is 1.36. The number of benzene rings is 2. The Balaban J connectivity index is 1.77. The van der Waals surface area contributed by atoms with Gasteiger partial charge in [0.15, 0.2) is 0 Å². The molecule has 0 aliphatic carbocycles. The molecule has 0 radical (unpaired) electrons. The Bertz CT molecular complexity index is 942. The van der Waals surface area contributed by atoms with Gasteiger partial charge >= 0.3 is 0 Å². The fourth-order valence-electron chi connectivity index (χ4n) is 3.62. The smallest absolute Gasteiger partial charge is 0.244 e. The van der Waals surface area contributed by atoms with Crippen LogP contribution < -0.4 is 5.32 Å². The van der Waals surface area contributed by atoms with Crippen LogP contribution in [0.1, 0.15) is 19.3 Å². The number of hydrogen-bond acceptors (Lipinski definition) is 4. The number of carbonyl (C=O) groups is 1. The summed E-state index contributed by atoms with van der Waals surface area (Å²) in [7, 11) is -2.11. The number of nitrogens with one attached hydrogen (secondary N) is 1. The highest BCUT2D eigenvalue weighted by Gasteiger charge is 2.43. The summed E-state index contributed by atoms with van der Waals surface area (Å²) in [6, 6.07) is 15.7. The second-order valence-electron chi connectivity index (χ2n) is 7.18. The molecule has 1 amide bonds. The number of piperidine rings is 1. The van der Waals surface area contributed by atoms with E-state index >= 15 is 0 Å². The van der Waals surface area contributed by atoms with Gasteiger partial charge in [0.2, 0.25) is 15.9 Å². The van der Waals surface area contributed by atoms with E-state index < -0.39 is 15.4 Å². The molecular formula is C21H25ClN2O4S. The van der Waals surface area contributed by atoms with Crippen LogP contribution in [0.5, 0.6) is 0 Å². The van der Waals surface area contributed by atoms with Crippen LogP contribution in [-0.4, -0.2) is 45.4 Å². The van der Waals surface area contributed by atoms with Crippen LogP contribution in [0.25, 0.3) is 0 Å². The monoisotopic (exact) mass is 436 g/mol. The number of methoxy groups -OCH3 is 1. The van der Waals surface area contributed by atoms with E-state index in [1.165, 1.54) is 10.4 Å². The number of ether oxygens (including phenoxy) is 1. The van der Waals surface area contributed by atoms with E-state index in [0.29, 0.717) is 25.9 Å². The fourth-order valence-corrected chi connectivity index (χ4v) is 5.56. The molecule has 0 unspecified atom stereocenters. The van der Waals surface area contributed by atoms with Crippen molar-refractivity contribution in [2.75, 3.05) is 32.1 Å². The maximum Gasteiger partial charge on any atom is 0.244 e. The van der Waals surface area contributed by atoms with Crippen molar-refractivity contribution in [2.45, 2.75) is 24.2 Å². The summed E-state index contributed by atoms with van der Waals surface area (Å²) in [4.78, 5) is 13.2. The zero-order valence-electron chi connectivity index (χ0n) is 16.3. The van der Waals surface area contributed by atoms with Crippen LogP contribution in [0.15, 0.2) is 59.5 Å². The minimum atomic E-state index is -3.71. The number of rotatable bonds is 7. The molecule has 0 aromatic heterocycles. The van der Waals surface area contributed by atoms with Gasteiger partial charge in [0.25, 0.3) is 0 Å². The third-order valence-corrected chi connectivity index (χ3v) is 7.83. The van der Waals surface area contributed by atoms with Gasteiger partial charge < -0.3 is 10.1 Å². The first kappa shape index (κ1) is 21.8. The first-order valence-electron chi connectivity index (χ1n) is 9.49. The van der Waals surface area contributed by atoms with Crippen molar-refractivity contribution in [1.29, 1.82) is 0 Å². The van der Waals surface area contributed by atoms with Gasteiger partial charge in [-0.2, -0.15) is 4.31 Å². The molecule has 0 saturated carbocycles. The van der Waals surface area contributed by atoms with Crippen LogP contribution in [0, 0.1) is 5.41 Å². The van der Waals surface area contributed by atoms with E-state index in [2.05, 4.69) is 5.32 Å². The maximum atomic E-state index is 13.1. The van der Waals surface area contributed by atoms with Crippen LogP contribution in [0.2, 0.25) is 5.02 Å². The van der Waals surface area contributed by atoms with Gasteiger partial charge in [0.1, 0.15) is 4.90 Å². The summed E-state index contributed by atoms with van der Waals surface area (Å²) >= 11 is 6.11. The molecule has 1 heterocycles. The number of hydrogen-bond donors (Lipinski definition) is 1. The van der Waals surface area contributed by atoms with Crippen molar-refractivity contribution in [3.8, 4) is 0 Å². The summed E-state index contributed by atoms with van der Waals surface area (Å²) in [5, 5.41) is 3.17. The summed E-state index contributed by atoms with van der Waals surface area (Å²) in [5.41, 5.74) is 0.0404. The Morgan fingerprint density at radius 3 is 2.34 bits per heavy atom. The van der Waals surface area contributed by atoms with Crippen LogP contribution in [0.3, 0.4) is 0 Å². The van der Waals surface area contributed by atoms with Gasteiger partial charge in [-0.3, -0.25) is 4.79 Å². The van der Waals surface area contributed by atoms with Crippen LogP contribution in [-0.2, 0) is 19.6 Å². The normalized spacial score (nSPS) is 17.0. The quantitative estimate of drug-likeness (QED) is 0.716. The molecule has 8 heteroatoms. The van der Waals surface area contributed by atoms with E-state index in [9.17, 15) is 13.2 Å². The molecule has 6 nitrogen and oxygen atoms in total. The third-order valence-electron chi connectivity index (χ3n) is 5.43. The fraction of sp³-hybridized carbons (Fsp3) is 0.381. The highest BCUT2D eigenvalue weighted by molar-refractivity contribution is 7.89. The van der Waals surface area contributed by atoms with Crippen molar-refractivity contribution in [2.24, 2.45) is 5.41 Å². The highest BCUT2D eigenvalue weighted by atomic mass is 35.5. The van der Waals surface area contributed by atoms with Gasteiger partial charge in [-0.15, -0.1) is 0 Å². The van der Waals surface area contributed by atoms with Crippen molar-refractivity contribution in [3.63, 3.8) is 0 Å². The molecule has 0 atom stereocenters. The van der Waals surface area contributed by atoms with E-state index in [-0.39, 0.29) is 28.9 Å². The van der Waals surface area contributed by atoms with Crippen molar-refractivity contribution >= 4 is 33.2 Å². The molecule has 156 valence electrons. The van der Waals surface area contributed by atoms with Crippen molar-refractivity contribution in [3.05, 3.63) is 59.6 Å². The number of halogens is 1. The summed E-state index contributed by atoms with van der Waals surface area (Å²) in [6.45, 7) is 0.929. The minimum absolute atomic E-state index is 0.0970. The molecule has 1 aliphatic rings. The Morgan fingerprint density at radius 1 is 1.10 bits per heavy atom. The van der Waals surface area contributed by atoms with Gasteiger partial charge in [-0.05, 0) is 43.5 Å². The van der Waals surface area contributed by atoms with E-state index in [0.717, 1.165) is 5.69 Å². The van der Waals surface area contributed by atoms with E-state index in [1.54, 1.807) is 25.3 Å². The lowest BCUT2D eigenvalue weighted by atomic mass is 9.75. The topological polar surface area (TPSA) is 75.7 Å². The molecule has 1 saturated heterocycles. The standard InChI is InChI=1S/C21H25ClN2O4S/c1-28-16-13-21(20(25)23-17-7-3-2-4-8-17)11-14-24(15-12-21)29(26,27)19-10-6-5-9-18(19)22/h2-10H,11-16H2,1H3,(H,23,25). The zero-order valence-corrected chi connectivity index (χ0v) is 17.9. The third kappa shape index (κ3) is 4.80. The number of sulfonamides is 1. The number of para-hydroxylation sites is 1. The molecule has 0 bridgehead atoms. The number of carbonyl (C=O) groups excluding carboxylic acids is 1. The average Bonchev–Trinajstić information content (AvgIpc) is 2.73. The number of nitrogens with zero attached hydrogens (tertiary/aromatic N) is 1. The molecule has 1 fully saturated rings. The molecule has 3 rings (SSSR count). The Kier molecular flexibility index (Phi) is 6.95. The SMILES string of the molecule is COCCC1(C(=O)Nc2ccccc2)CCN(S(=O)(=O)c2ccccc2Cl)CC1. The Morgan fingerprint density at radius 2 is 1.72 bits per heavy atom. The van der Waals surface area contributed by atoms with E-state index in [4.69, 9.17) is 16.3 Å². The van der Waals surface area contributed by atoms with Gasteiger partial charge in [0.05, 0.1) is 10.4 Å². The first-order valence-corrected chi connectivity index (χ1v) is 11.3. The van der Waals surface area contributed by atoms with E-state index in [1.807, 2.05) is 30.3 Å². The average molecular weight is 437 g/mol. The number of anilines is 1. The molecule has 2 aromatic rings. The highest BCUT2D eigenvalue weighted by Crippen LogP contribution is 2.38. The summed E-state index contributed by atoms with van der Waals surface area (Å²) < 4.78 is 32.7. The molecule has 0 spiro atoms. The Hall–Kier alpha value is -1.93. The Labute approximate surface area is 176 Å². The van der Waals surface area contributed by atoms with Gasteiger partial charge in [0, 0.05) is 32.5 Å². The molecule has 2 aromatic carbocycles. The molecular weight excluding hydrogens is 412 g/mol. The largest absolute Gasteiger partial charge is 0.385 e. The lowest BCUT2D eigenvalue weighted by Gasteiger charge is -2.40. The predicted molar refractivity (Wildman–Crippen MR) is 113 cm³/mol. The molecule has 1 aliphatic heterocycles. The first-order chi connectivity index (χ1) is 13.9. The maximum absolute atomic E-state index is 13.1. The predicted octanol–water partition coefficient (Wildman–Crippen LogP) is 3.79. The lowest BCUT2D eigenvalue weighted by molar-refractivity contribution is -0.129. The van der Waals surface area contributed by atoms with Crippen molar-refractivity contribution < 1.29 is 17.9 Å². The zero-order chi connectivity index (χ0) is 20.9. The van der Waals surface area contributed by atoms with Crippen LogP contribution >= 0.6 is 11.6 Å². The van der Waals surface area contributed by atoms with Crippen molar-refractivity contribution in [1.82, 2.24) is 4.31 Å². The lowest BCUT2D eigenvalue weighted by Crippen LogP contribution is -2.48. The van der Waals surface area contributed by atoms with Gasteiger partial charge in [-0.1, -0.05) is 41.9 Å². The number of amides is 1.